The normalized spacial score (nSPS) is 4.80. The van der Waals surface area contributed by atoms with E-state index in [9.17, 15) is 0 Å². The Morgan fingerprint density at radius 1 is 1.60 bits per heavy atom. The fourth-order valence-electron chi connectivity index (χ4n) is 0. The Kier molecular flexibility index (Phi) is 6.84. The van der Waals surface area contributed by atoms with Crippen molar-refractivity contribution in [2.75, 3.05) is 0 Å². The van der Waals surface area contributed by atoms with E-state index < -0.39 is 5.09 Å². The van der Waals surface area contributed by atoms with Crippen LogP contribution in [0, 0.1) is 15.3 Å². The topological polar surface area (TPSA) is 66.2 Å². The summed E-state index contributed by atoms with van der Waals surface area (Å²) < 4.78 is 0. The summed E-state index contributed by atoms with van der Waals surface area (Å²) >= 11 is 0. The minimum atomic E-state index is -1.75. The molecule has 0 saturated carbocycles. The van der Waals surface area contributed by atoms with E-state index in [0.29, 0.717) is 0 Å². The fraction of sp³-hybridized carbons (Fsp3) is 0. The molecular formula is HNO3Pd. The molecule has 5 heteroatoms. The van der Waals surface area contributed by atoms with Gasteiger partial charge in [-0.25, -0.2) is 0 Å². The zero-order chi connectivity index (χ0) is 3.58. The largest absolute Gasteiger partial charge is 2.00 e. The minimum Gasteiger partial charge on any atom is -1.00 e. The molecule has 0 spiro atoms. The summed E-state index contributed by atoms with van der Waals surface area (Å²) in [6.07, 6.45) is 0. The third-order valence-electron chi connectivity index (χ3n) is 0. The molecule has 0 aromatic rings. The van der Waals surface area contributed by atoms with Crippen molar-refractivity contribution < 1.29 is 26.9 Å². The Bertz CT molecular complexity index is 33.8. The van der Waals surface area contributed by atoms with Gasteiger partial charge in [0.15, 0.2) is 0 Å². The van der Waals surface area contributed by atoms with Gasteiger partial charge in [-0.3, -0.25) is 0 Å². The van der Waals surface area contributed by atoms with Gasteiger partial charge in [0.05, 0.1) is 5.09 Å². The van der Waals surface area contributed by atoms with E-state index in [0.717, 1.165) is 0 Å². The molecule has 0 rings (SSSR count). The van der Waals surface area contributed by atoms with E-state index >= 15 is 0 Å². The second-order valence-corrected chi connectivity index (χ2v) is 0.224. The van der Waals surface area contributed by atoms with Crippen LogP contribution in [-0.4, -0.2) is 5.09 Å². The van der Waals surface area contributed by atoms with Gasteiger partial charge in [-0.2, -0.15) is 0 Å². The summed E-state index contributed by atoms with van der Waals surface area (Å²) in [5.74, 6) is 0. The SMILES string of the molecule is O=[N+]([O-])[O-].[H-].[Pd+2]. The van der Waals surface area contributed by atoms with Crippen LogP contribution in [0.5, 0.6) is 0 Å². The second kappa shape index (κ2) is 3.86. The van der Waals surface area contributed by atoms with Crippen LogP contribution in [0.1, 0.15) is 1.43 Å². The first-order valence-corrected chi connectivity index (χ1v) is 0.548. The van der Waals surface area contributed by atoms with Gasteiger partial charge < -0.3 is 16.7 Å². The van der Waals surface area contributed by atoms with E-state index in [4.69, 9.17) is 15.3 Å². The zero-order valence-corrected chi connectivity index (χ0v) is 3.54. The smallest absolute Gasteiger partial charge is 1.00 e. The quantitative estimate of drug-likeness (QED) is 0.288. The Balaban J connectivity index is -0.0000000450. The average molecular weight is 169 g/mol. The Morgan fingerprint density at radius 3 is 1.60 bits per heavy atom. The molecular weight excluding hydrogens is 168 g/mol. The van der Waals surface area contributed by atoms with Gasteiger partial charge in [-0.1, -0.05) is 0 Å². The first kappa shape index (κ1) is 8.85. The standard InChI is InChI=1S/NO3.Pd.H/c2-1(3)4;;/q-1;+2;-1. The van der Waals surface area contributed by atoms with Gasteiger partial charge in [0.25, 0.3) is 0 Å². The van der Waals surface area contributed by atoms with Crippen molar-refractivity contribution in [3.63, 3.8) is 0 Å². The van der Waals surface area contributed by atoms with Crippen LogP contribution in [0.25, 0.3) is 0 Å². The molecule has 0 radical (unpaired) electrons. The Labute approximate surface area is 43.0 Å². The van der Waals surface area contributed by atoms with Crippen molar-refractivity contribution in [1.29, 1.82) is 0 Å². The molecule has 0 aromatic carbocycles. The molecule has 34 valence electrons. The first-order chi connectivity index (χ1) is 1.73. The van der Waals surface area contributed by atoms with Gasteiger partial charge >= 0.3 is 20.4 Å². The molecule has 0 N–H and O–H groups in total. The predicted molar refractivity (Wildman–Crippen MR) is 11.5 cm³/mol. The molecule has 0 bridgehead atoms. The molecule has 0 amide bonds. The monoisotopic (exact) mass is 169 g/mol. The van der Waals surface area contributed by atoms with Crippen LogP contribution in [0.3, 0.4) is 0 Å². The summed E-state index contributed by atoms with van der Waals surface area (Å²) in [6, 6.07) is 0. The third-order valence-corrected chi connectivity index (χ3v) is 0. The van der Waals surface area contributed by atoms with Crippen molar-refractivity contribution in [3.8, 4) is 0 Å². The van der Waals surface area contributed by atoms with E-state index in [1.54, 1.807) is 0 Å². The third kappa shape index (κ3) is 707. The van der Waals surface area contributed by atoms with Gasteiger partial charge in [0.2, 0.25) is 0 Å². The molecule has 0 atom stereocenters. The van der Waals surface area contributed by atoms with Crippen LogP contribution >= 0.6 is 0 Å². The number of rotatable bonds is 0. The molecule has 0 aliphatic carbocycles. The summed E-state index contributed by atoms with van der Waals surface area (Å²) in [4.78, 5) is 8.25. The van der Waals surface area contributed by atoms with E-state index in [1.165, 1.54) is 0 Å². The molecule has 0 saturated heterocycles. The molecule has 0 aliphatic rings. The van der Waals surface area contributed by atoms with Crippen molar-refractivity contribution in [2.24, 2.45) is 0 Å². The van der Waals surface area contributed by atoms with Crippen molar-refractivity contribution in [1.82, 2.24) is 0 Å². The van der Waals surface area contributed by atoms with Gasteiger partial charge in [0.1, 0.15) is 0 Å². The predicted octanol–water partition coefficient (Wildman–Crippen LogP) is -0.129. The number of hydrogen-bond donors (Lipinski definition) is 0. The van der Waals surface area contributed by atoms with Crippen LogP contribution in [0.15, 0.2) is 0 Å². The van der Waals surface area contributed by atoms with Crippen molar-refractivity contribution in [3.05, 3.63) is 15.3 Å². The van der Waals surface area contributed by atoms with Crippen LogP contribution < -0.4 is 0 Å². The molecule has 0 fully saturated rings. The summed E-state index contributed by atoms with van der Waals surface area (Å²) in [5.41, 5.74) is 0. The van der Waals surface area contributed by atoms with E-state index in [2.05, 4.69) is 0 Å². The molecule has 5 heavy (non-hydrogen) atoms. The second-order valence-electron chi connectivity index (χ2n) is 0.224. The maximum Gasteiger partial charge on any atom is 2.00 e. The average Bonchev–Trinajstić information content (AvgIpc) is 0.811. The maximum absolute atomic E-state index is 8.25. The van der Waals surface area contributed by atoms with Crippen LogP contribution in [0.2, 0.25) is 0 Å². The summed E-state index contributed by atoms with van der Waals surface area (Å²) in [6.45, 7) is 0. The van der Waals surface area contributed by atoms with Gasteiger partial charge in [0, 0.05) is 0 Å². The molecule has 0 heterocycles. The van der Waals surface area contributed by atoms with E-state index in [-0.39, 0.29) is 21.8 Å². The minimum absolute atomic E-state index is 0. The zero-order valence-electron chi connectivity index (χ0n) is 2.99. The van der Waals surface area contributed by atoms with Crippen molar-refractivity contribution >= 4 is 0 Å². The van der Waals surface area contributed by atoms with Gasteiger partial charge in [-0.15, -0.1) is 0 Å². The molecule has 0 aromatic heterocycles. The number of nitrogens with zero attached hydrogens (tertiary/aromatic N) is 1. The van der Waals surface area contributed by atoms with Crippen LogP contribution in [0.4, 0.5) is 0 Å². The van der Waals surface area contributed by atoms with Crippen molar-refractivity contribution in [2.45, 2.75) is 0 Å². The summed E-state index contributed by atoms with van der Waals surface area (Å²) in [7, 11) is 0. The number of hydrogen-bond acceptors (Lipinski definition) is 3. The summed E-state index contributed by atoms with van der Waals surface area (Å²) in [5, 5.41) is 14.8. The van der Waals surface area contributed by atoms with Gasteiger partial charge in [-0.05, 0) is 0 Å². The Hall–Kier alpha value is -0.138. The van der Waals surface area contributed by atoms with E-state index in [1.807, 2.05) is 0 Å². The van der Waals surface area contributed by atoms with Crippen LogP contribution in [-0.2, 0) is 20.4 Å². The Morgan fingerprint density at radius 2 is 1.60 bits per heavy atom. The maximum atomic E-state index is 8.25. The molecule has 4 nitrogen and oxygen atoms in total. The molecule has 0 aliphatic heterocycles. The first-order valence-electron chi connectivity index (χ1n) is 0.548. The molecule has 0 unspecified atom stereocenters. The fourth-order valence-corrected chi connectivity index (χ4v) is 0.